The number of hydrogen-bond acceptors (Lipinski definition) is 5. The molecule has 1 aromatic carbocycles. The number of sulfonamides is 1. The van der Waals surface area contributed by atoms with Crippen molar-refractivity contribution in [2.75, 3.05) is 20.3 Å². The molecule has 8 nitrogen and oxygen atoms in total. The maximum absolute atomic E-state index is 12.1. The first kappa shape index (κ1) is 20.1. The summed E-state index contributed by atoms with van der Waals surface area (Å²) in [5.74, 6) is -1.98. The minimum absolute atomic E-state index is 0.00815. The van der Waals surface area contributed by atoms with E-state index in [1.807, 2.05) is 0 Å². The summed E-state index contributed by atoms with van der Waals surface area (Å²) in [6, 6.07) is 4.22. The van der Waals surface area contributed by atoms with Gasteiger partial charge in [0.2, 0.25) is 10.0 Å². The van der Waals surface area contributed by atoms with E-state index in [-0.39, 0.29) is 29.5 Å². The zero-order valence-electron chi connectivity index (χ0n) is 13.8. The zero-order valence-corrected chi connectivity index (χ0v) is 14.6. The lowest BCUT2D eigenvalue weighted by Gasteiger charge is -2.18. The monoisotopic (exact) mass is 358 g/mol. The van der Waals surface area contributed by atoms with Gasteiger partial charge < -0.3 is 15.2 Å². The molecular weight excluding hydrogens is 336 g/mol. The molecule has 0 bridgehead atoms. The molecular formula is C15H22N2O6S. The number of rotatable bonds is 9. The molecule has 9 heteroatoms. The summed E-state index contributed by atoms with van der Waals surface area (Å²) >= 11 is 0. The Balaban J connectivity index is 2.83. The number of nitrogens with one attached hydrogen (secondary N) is 2. The quantitative estimate of drug-likeness (QED) is 0.551. The van der Waals surface area contributed by atoms with Crippen LogP contribution in [0.1, 0.15) is 24.2 Å². The van der Waals surface area contributed by atoms with Gasteiger partial charge in [0, 0.05) is 19.2 Å². The second kappa shape index (κ2) is 8.76. The number of carboxylic acids is 1. The molecule has 0 aliphatic carbocycles. The van der Waals surface area contributed by atoms with Crippen LogP contribution in [0.25, 0.3) is 0 Å². The molecule has 1 rings (SSSR count). The van der Waals surface area contributed by atoms with Gasteiger partial charge in [0.25, 0.3) is 5.91 Å². The molecule has 0 aliphatic heterocycles. The molecule has 0 fully saturated rings. The second-order valence-corrected chi connectivity index (χ2v) is 7.22. The second-order valence-electron chi connectivity index (χ2n) is 5.45. The smallest absolute Gasteiger partial charge is 0.326 e. The SMILES string of the molecule is COCCNS(=O)(=O)c1ccc(C(=O)N[C@H](C(=O)O)C(C)C)cc1. The predicted octanol–water partition coefficient (Wildman–Crippen LogP) is 0.450. The average Bonchev–Trinajstić information content (AvgIpc) is 2.52. The Hall–Kier alpha value is -1.97. The van der Waals surface area contributed by atoms with Gasteiger partial charge in [-0.2, -0.15) is 0 Å². The predicted molar refractivity (Wildman–Crippen MR) is 87.2 cm³/mol. The molecule has 24 heavy (non-hydrogen) atoms. The first-order chi connectivity index (χ1) is 11.2. The van der Waals surface area contributed by atoms with Crippen LogP contribution < -0.4 is 10.0 Å². The van der Waals surface area contributed by atoms with E-state index in [1.54, 1.807) is 13.8 Å². The molecule has 0 saturated heterocycles. The highest BCUT2D eigenvalue weighted by Crippen LogP contribution is 2.11. The Morgan fingerprint density at radius 3 is 2.25 bits per heavy atom. The summed E-state index contributed by atoms with van der Waals surface area (Å²) < 4.78 is 31.1. The van der Waals surface area contributed by atoms with E-state index < -0.39 is 27.9 Å². The Kier molecular flexibility index (Phi) is 7.33. The first-order valence-electron chi connectivity index (χ1n) is 7.31. The fourth-order valence-electron chi connectivity index (χ4n) is 1.89. The highest BCUT2D eigenvalue weighted by atomic mass is 32.2. The lowest BCUT2D eigenvalue weighted by atomic mass is 10.0. The Labute approximate surface area is 141 Å². The number of aliphatic carboxylic acids is 1. The number of methoxy groups -OCH3 is 1. The van der Waals surface area contributed by atoms with E-state index in [0.29, 0.717) is 0 Å². The van der Waals surface area contributed by atoms with Crippen LogP contribution in [-0.4, -0.2) is 51.7 Å². The summed E-state index contributed by atoms with van der Waals surface area (Å²) in [5.41, 5.74) is 0.178. The van der Waals surface area contributed by atoms with Gasteiger partial charge in [0.1, 0.15) is 6.04 Å². The third kappa shape index (κ3) is 5.59. The van der Waals surface area contributed by atoms with Crippen molar-refractivity contribution in [3.8, 4) is 0 Å². The average molecular weight is 358 g/mol. The summed E-state index contributed by atoms with van der Waals surface area (Å²) in [5, 5.41) is 11.5. The molecule has 0 heterocycles. The summed E-state index contributed by atoms with van der Waals surface area (Å²) in [4.78, 5) is 23.2. The molecule has 1 atom stereocenters. The lowest BCUT2D eigenvalue weighted by molar-refractivity contribution is -0.140. The van der Waals surface area contributed by atoms with Crippen molar-refractivity contribution in [1.82, 2.24) is 10.0 Å². The van der Waals surface area contributed by atoms with Gasteiger partial charge >= 0.3 is 5.97 Å². The Bertz CT molecular complexity index is 670. The van der Waals surface area contributed by atoms with Crippen LogP contribution in [0.4, 0.5) is 0 Å². The molecule has 0 spiro atoms. The lowest BCUT2D eigenvalue weighted by Crippen LogP contribution is -2.44. The highest BCUT2D eigenvalue weighted by Gasteiger charge is 2.24. The van der Waals surface area contributed by atoms with Gasteiger partial charge in [-0.15, -0.1) is 0 Å². The van der Waals surface area contributed by atoms with Crippen molar-refractivity contribution >= 4 is 21.9 Å². The molecule has 0 aromatic heterocycles. The van der Waals surface area contributed by atoms with Gasteiger partial charge in [0.05, 0.1) is 11.5 Å². The maximum atomic E-state index is 12.1. The number of amides is 1. The van der Waals surface area contributed by atoms with Crippen molar-refractivity contribution < 1.29 is 27.9 Å². The van der Waals surface area contributed by atoms with Gasteiger partial charge in [-0.05, 0) is 30.2 Å². The van der Waals surface area contributed by atoms with Crippen LogP contribution in [0.5, 0.6) is 0 Å². The fourth-order valence-corrected chi connectivity index (χ4v) is 2.90. The van der Waals surface area contributed by atoms with E-state index in [1.165, 1.54) is 31.4 Å². The summed E-state index contributed by atoms with van der Waals surface area (Å²) in [7, 11) is -2.22. The Morgan fingerprint density at radius 2 is 1.79 bits per heavy atom. The van der Waals surface area contributed by atoms with Crippen molar-refractivity contribution in [2.45, 2.75) is 24.8 Å². The molecule has 3 N–H and O–H groups in total. The molecule has 1 aromatic rings. The maximum Gasteiger partial charge on any atom is 0.326 e. The summed E-state index contributed by atoms with van der Waals surface area (Å²) in [6.45, 7) is 3.74. The van der Waals surface area contributed by atoms with E-state index in [9.17, 15) is 18.0 Å². The number of carboxylic acid groups (broad SMARTS) is 1. The van der Waals surface area contributed by atoms with E-state index >= 15 is 0 Å². The molecule has 134 valence electrons. The van der Waals surface area contributed by atoms with Crippen LogP contribution in [-0.2, 0) is 19.6 Å². The van der Waals surface area contributed by atoms with E-state index in [4.69, 9.17) is 9.84 Å². The van der Waals surface area contributed by atoms with Gasteiger partial charge in [0.15, 0.2) is 0 Å². The van der Waals surface area contributed by atoms with Crippen LogP contribution >= 0.6 is 0 Å². The normalized spacial score (nSPS) is 12.8. The van der Waals surface area contributed by atoms with E-state index in [0.717, 1.165) is 0 Å². The van der Waals surface area contributed by atoms with Crippen molar-refractivity contribution in [1.29, 1.82) is 0 Å². The van der Waals surface area contributed by atoms with Crippen molar-refractivity contribution in [3.63, 3.8) is 0 Å². The van der Waals surface area contributed by atoms with Crippen LogP contribution in [0, 0.1) is 5.92 Å². The number of hydrogen-bond donors (Lipinski definition) is 3. The molecule has 0 radical (unpaired) electrons. The fraction of sp³-hybridized carbons (Fsp3) is 0.467. The van der Waals surface area contributed by atoms with Gasteiger partial charge in [-0.1, -0.05) is 13.8 Å². The number of benzene rings is 1. The zero-order chi connectivity index (χ0) is 18.3. The molecule has 0 aliphatic rings. The topological polar surface area (TPSA) is 122 Å². The van der Waals surface area contributed by atoms with Crippen molar-refractivity contribution in [2.24, 2.45) is 5.92 Å². The standard InChI is InChI=1S/C15H22N2O6S/c1-10(2)13(15(19)20)17-14(18)11-4-6-12(7-5-11)24(21,22)16-8-9-23-3/h4-7,10,13,16H,8-9H2,1-3H3,(H,17,18)(H,19,20)/t13-/m0/s1. The van der Waals surface area contributed by atoms with Gasteiger partial charge in [-0.25, -0.2) is 17.9 Å². The third-order valence-corrected chi connectivity index (χ3v) is 4.72. The van der Waals surface area contributed by atoms with Crippen LogP contribution in [0.3, 0.4) is 0 Å². The first-order valence-corrected chi connectivity index (χ1v) is 8.79. The van der Waals surface area contributed by atoms with Crippen molar-refractivity contribution in [3.05, 3.63) is 29.8 Å². The Morgan fingerprint density at radius 1 is 1.21 bits per heavy atom. The molecule has 0 saturated carbocycles. The largest absolute Gasteiger partial charge is 0.480 e. The minimum atomic E-state index is -3.68. The third-order valence-electron chi connectivity index (χ3n) is 3.24. The molecule has 1 amide bonds. The summed E-state index contributed by atoms with van der Waals surface area (Å²) in [6.07, 6.45) is 0. The number of ether oxygens (including phenoxy) is 1. The number of carbonyl (C=O) groups excluding carboxylic acids is 1. The number of carbonyl (C=O) groups is 2. The van der Waals surface area contributed by atoms with E-state index in [2.05, 4.69) is 10.0 Å². The minimum Gasteiger partial charge on any atom is -0.480 e. The molecule has 0 unspecified atom stereocenters. The van der Waals surface area contributed by atoms with Crippen LogP contribution in [0.2, 0.25) is 0 Å². The van der Waals surface area contributed by atoms with Gasteiger partial charge in [-0.3, -0.25) is 4.79 Å². The highest BCUT2D eigenvalue weighted by molar-refractivity contribution is 7.89. The van der Waals surface area contributed by atoms with Crippen LogP contribution in [0.15, 0.2) is 29.2 Å².